The van der Waals surface area contributed by atoms with E-state index in [1.165, 1.54) is 54.9 Å². The molecule has 0 atom stereocenters. The molecule has 0 saturated carbocycles. The minimum absolute atomic E-state index is 1.12. The molecule has 2 nitrogen and oxygen atoms in total. The van der Waals surface area contributed by atoms with E-state index in [0.29, 0.717) is 0 Å². The van der Waals surface area contributed by atoms with Crippen LogP contribution < -0.4 is 0 Å². The maximum atomic E-state index is 4.32. The number of aromatic nitrogens is 2. The van der Waals surface area contributed by atoms with Crippen LogP contribution in [-0.4, -0.2) is 9.97 Å². The molecule has 0 amide bonds. The summed E-state index contributed by atoms with van der Waals surface area (Å²) in [6.45, 7) is 0. The molecule has 0 aliphatic heterocycles. The van der Waals surface area contributed by atoms with Crippen LogP contribution in [0.5, 0.6) is 0 Å². The van der Waals surface area contributed by atoms with Crippen molar-refractivity contribution in [1.82, 2.24) is 9.97 Å². The smallest absolute Gasteiger partial charge is 0.0346 e. The molecule has 8 rings (SSSR count). The lowest BCUT2D eigenvalue weighted by Gasteiger charge is -2.19. The molecule has 0 aliphatic rings. The average molecular weight is 561 g/mol. The van der Waals surface area contributed by atoms with Gasteiger partial charge in [0, 0.05) is 24.8 Å². The second kappa shape index (κ2) is 11.1. The normalized spacial score (nSPS) is 11.2. The molecule has 2 heterocycles. The standard InChI is InChI=1S/C42H28N2/c1-2-8-29(9-3-1)34-22-23-39-40(26-34)42(33-20-16-31(17-21-33)36-11-7-25-44-28-36)38-13-5-4-12-37(38)41(39)32-18-14-30(15-19-32)35-10-6-24-43-27-35/h1-28H. The summed E-state index contributed by atoms with van der Waals surface area (Å²) >= 11 is 0. The first-order valence-electron chi connectivity index (χ1n) is 14.9. The molecule has 0 fully saturated rings. The van der Waals surface area contributed by atoms with E-state index in [0.717, 1.165) is 22.3 Å². The quantitative estimate of drug-likeness (QED) is 0.196. The second-order valence-corrected chi connectivity index (χ2v) is 11.1. The number of fused-ring (bicyclic) bond motifs is 2. The van der Waals surface area contributed by atoms with Gasteiger partial charge in [0.15, 0.2) is 0 Å². The van der Waals surface area contributed by atoms with Crippen LogP contribution in [0, 0.1) is 0 Å². The van der Waals surface area contributed by atoms with Crippen molar-refractivity contribution in [3.8, 4) is 55.6 Å². The van der Waals surface area contributed by atoms with E-state index in [1.54, 1.807) is 0 Å². The number of pyridine rings is 2. The van der Waals surface area contributed by atoms with Crippen LogP contribution in [0.1, 0.15) is 0 Å². The molecule has 44 heavy (non-hydrogen) atoms. The molecule has 0 saturated heterocycles. The number of rotatable bonds is 5. The van der Waals surface area contributed by atoms with Crippen LogP contribution in [-0.2, 0) is 0 Å². The van der Waals surface area contributed by atoms with Crippen LogP contribution in [0.15, 0.2) is 170 Å². The zero-order valence-electron chi connectivity index (χ0n) is 24.1. The third-order valence-corrected chi connectivity index (χ3v) is 8.47. The van der Waals surface area contributed by atoms with Crippen LogP contribution >= 0.6 is 0 Å². The fourth-order valence-electron chi connectivity index (χ4n) is 6.34. The number of hydrogen-bond donors (Lipinski definition) is 0. The minimum atomic E-state index is 1.12. The maximum Gasteiger partial charge on any atom is 0.0346 e. The fourth-order valence-corrected chi connectivity index (χ4v) is 6.34. The molecule has 2 heteroatoms. The fraction of sp³-hybridized carbons (Fsp3) is 0. The van der Waals surface area contributed by atoms with E-state index in [1.807, 2.05) is 36.9 Å². The molecular weight excluding hydrogens is 532 g/mol. The van der Waals surface area contributed by atoms with Crippen LogP contribution in [0.4, 0.5) is 0 Å². The summed E-state index contributed by atoms with van der Waals surface area (Å²) in [7, 11) is 0. The molecule has 2 aromatic heterocycles. The highest BCUT2D eigenvalue weighted by molar-refractivity contribution is 6.22. The summed E-state index contributed by atoms with van der Waals surface area (Å²) in [4.78, 5) is 8.63. The molecule has 0 unspecified atom stereocenters. The Labute approximate surface area is 257 Å². The predicted octanol–water partition coefficient (Wildman–Crippen LogP) is 11.1. The van der Waals surface area contributed by atoms with Gasteiger partial charge in [-0.25, -0.2) is 0 Å². The summed E-state index contributed by atoms with van der Waals surface area (Å²) in [5.74, 6) is 0. The van der Waals surface area contributed by atoms with E-state index in [-0.39, 0.29) is 0 Å². The topological polar surface area (TPSA) is 25.8 Å². The molecule has 6 aromatic carbocycles. The van der Waals surface area contributed by atoms with Gasteiger partial charge in [-0.15, -0.1) is 0 Å². The first kappa shape index (κ1) is 25.8. The van der Waals surface area contributed by atoms with E-state index in [9.17, 15) is 0 Å². The van der Waals surface area contributed by atoms with Crippen molar-refractivity contribution in [3.63, 3.8) is 0 Å². The SMILES string of the molecule is c1ccc(-c2ccc3c(-c4ccc(-c5cccnc5)cc4)c4ccccc4c(-c4ccc(-c5cccnc5)cc4)c3c2)cc1. The Balaban J connectivity index is 1.38. The number of nitrogens with zero attached hydrogens (tertiary/aromatic N) is 2. The van der Waals surface area contributed by atoms with E-state index in [2.05, 4.69) is 143 Å². The second-order valence-electron chi connectivity index (χ2n) is 11.1. The van der Waals surface area contributed by atoms with Crippen molar-refractivity contribution >= 4 is 21.5 Å². The predicted molar refractivity (Wildman–Crippen MR) is 184 cm³/mol. The lowest BCUT2D eigenvalue weighted by Crippen LogP contribution is -1.92. The van der Waals surface area contributed by atoms with Crippen molar-refractivity contribution < 1.29 is 0 Å². The summed E-state index contributed by atoms with van der Waals surface area (Å²) in [6, 6.07) is 52.4. The minimum Gasteiger partial charge on any atom is -0.264 e. The Hall–Kier alpha value is -5.86. The van der Waals surface area contributed by atoms with Crippen molar-refractivity contribution in [1.29, 1.82) is 0 Å². The zero-order chi connectivity index (χ0) is 29.3. The van der Waals surface area contributed by atoms with Crippen LogP contribution in [0.2, 0.25) is 0 Å². The Morgan fingerprint density at radius 1 is 0.273 bits per heavy atom. The van der Waals surface area contributed by atoms with Gasteiger partial charge >= 0.3 is 0 Å². The summed E-state index contributed by atoms with van der Waals surface area (Å²) < 4.78 is 0. The highest BCUT2D eigenvalue weighted by Crippen LogP contribution is 2.45. The molecule has 8 aromatic rings. The molecular formula is C42H28N2. The lowest BCUT2D eigenvalue weighted by atomic mass is 9.84. The van der Waals surface area contributed by atoms with Crippen LogP contribution in [0.3, 0.4) is 0 Å². The third-order valence-electron chi connectivity index (χ3n) is 8.47. The largest absolute Gasteiger partial charge is 0.264 e. The van der Waals surface area contributed by atoms with Gasteiger partial charge < -0.3 is 0 Å². The van der Waals surface area contributed by atoms with Gasteiger partial charge in [-0.1, -0.05) is 127 Å². The molecule has 0 N–H and O–H groups in total. The van der Waals surface area contributed by atoms with Gasteiger partial charge in [0.25, 0.3) is 0 Å². The summed E-state index contributed by atoms with van der Waals surface area (Å²) in [6.07, 6.45) is 7.46. The summed E-state index contributed by atoms with van der Waals surface area (Å²) in [5, 5.41) is 4.97. The van der Waals surface area contributed by atoms with Crippen molar-refractivity contribution in [2.45, 2.75) is 0 Å². The Bertz CT molecular complexity index is 2220. The summed E-state index contributed by atoms with van der Waals surface area (Å²) in [5.41, 5.74) is 11.9. The van der Waals surface area contributed by atoms with E-state index < -0.39 is 0 Å². The first-order valence-corrected chi connectivity index (χ1v) is 14.9. The zero-order valence-corrected chi connectivity index (χ0v) is 24.1. The lowest BCUT2D eigenvalue weighted by molar-refractivity contribution is 1.33. The number of benzene rings is 6. The van der Waals surface area contributed by atoms with Gasteiger partial charge in [0.05, 0.1) is 0 Å². The van der Waals surface area contributed by atoms with Gasteiger partial charge in [-0.05, 0) is 95.4 Å². The monoisotopic (exact) mass is 560 g/mol. The molecule has 0 radical (unpaired) electrons. The Morgan fingerprint density at radius 2 is 0.682 bits per heavy atom. The third kappa shape index (κ3) is 4.63. The molecule has 206 valence electrons. The van der Waals surface area contributed by atoms with Crippen molar-refractivity contribution in [3.05, 3.63) is 170 Å². The first-order chi connectivity index (χ1) is 21.8. The van der Waals surface area contributed by atoms with Gasteiger partial charge in [0.1, 0.15) is 0 Å². The van der Waals surface area contributed by atoms with Gasteiger partial charge in [-0.3, -0.25) is 9.97 Å². The van der Waals surface area contributed by atoms with Gasteiger partial charge in [-0.2, -0.15) is 0 Å². The highest BCUT2D eigenvalue weighted by Gasteiger charge is 2.18. The van der Waals surface area contributed by atoms with Gasteiger partial charge in [0.2, 0.25) is 0 Å². The number of hydrogen-bond acceptors (Lipinski definition) is 2. The van der Waals surface area contributed by atoms with Crippen molar-refractivity contribution in [2.24, 2.45) is 0 Å². The maximum absolute atomic E-state index is 4.32. The molecule has 0 aliphatic carbocycles. The van der Waals surface area contributed by atoms with E-state index in [4.69, 9.17) is 0 Å². The molecule has 0 spiro atoms. The average Bonchev–Trinajstić information content (AvgIpc) is 3.12. The van der Waals surface area contributed by atoms with E-state index >= 15 is 0 Å². The van der Waals surface area contributed by atoms with Crippen molar-refractivity contribution in [2.75, 3.05) is 0 Å². The highest BCUT2D eigenvalue weighted by atomic mass is 14.6. The molecule has 0 bridgehead atoms. The Morgan fingerprint density at radius 3 is 1.20 bits per heavy atom. The van der Waals surface area contributed by atoms with Crippen LogP contribution in [0.25, 0.3) is 77.2 Å². The Kier molecular flexibility index (Phi) is 6.51.